The molecule has 7 heteroatoms. The molecule has 0 unspecified atom stereocenters. The molecule has 0 spiro atoms. The minimum Gasteiger partial charge on any atom is -0.335 e. The number of nitrogens with zero attached hydrogens (tertiary/aromatic N) is 3. The Hall–Kier alpha value is -0.590. The van der Waals surface area contributed by atoms with Crippen LogP contribution in [0.25, 0.3) is 0 Å². The van der Waals surface area contributed by atoms with Crippen LogP contribution in [-0.4, -0.2) is 42.5 Å². The van der Waals surface area contributed by atoms with E-state index in [4.69, 9.17) is 10.7 Å². The van der Waals surface area contributed by atoms with Gasteiger partial charge < -0.3 is 9.47 Å². The van der Waals surface area contributed by atoms with Gasteiger partial charge in [0.2, 0.25) is 0 Å². The second-order valence-corrected chi connectivity index (χ2v) is 6.80. The number of imidazole rings is 1. The lowest BCUT2D eigenvalue weighted by Crippen LogP contribution is -2.32. The normalized spacial score (nSPS) is 18.4. The van der Waals surface area contributed by atoms with E-state index in [0.29, 0.717) is 0 Å². The Morgan fingerprint density at radius 3 is 2.53 bits per heavy atom. The summed E-state index contributed by atoms with van der Waals surface area (Å²) in [6.45, 7) is 3.95. The van der Waals surface area contributed by atoms with E-state index in [1.165, 1.54) is 31.8 Å². The number of hydrogen-bond acceptors (Lipinski definition) is 4. The summed E-state index contributed by atoms with van der Waals surface area (Å²) in [4.78, 5) is 6.16. The molecule has 1 aliphatic rings. The Balaban J connectivity index is 1.89. The number of piperidine rings is 1. The van der Waals surface area contributed by atoms with Crippen LogP contribution in [0.3, 0.4) is 0 Å². The summed E-state index contributed by atoms with van der Waals surface area (Å²) in [7, 11) is 1.51. The van der Waals surface area contributed by atoms with Crippen LogP contribution in [-0.2, 0) is 15.6 Å². The van der Waals surface area contributed by atoms with Crippen molar-refractivity contribution >= 4 is 19.7 Å². The first-order valence-corrected chi connectivity index (χ1v) is 8.05. The minimum atomic E-state index is -3.70. The molecule has 0 bridgehead atoms. The molecular formula is C10H16ClN3O2S. The predicted octanol–water partition coefficient (Wildman–Crippen LogP) is 1.30. The van der Waals surface area contributed by atoms with Gasteiger partial charge in [0.25, 0.3) is 9.05 Å². The standard InChI is InChI=1S/C10H16ClN3O2S/c11-17(15,16)10-8-14(9-12-10)7-6-13-4-2-1-3-5-13/h8-9H,1-7H2. The minimum absolute atomic E-state index is 0.0715. The van der Waals surface area contributed by atoms with Crippen molar-refractivity contribution in [1.82, 2.24) is 14.5 Å². The molecule has 2 rings (SSSR count). The Bertz CT molecular complexity index is 466. The molecular weight excluding hydrogens is 262 g/mol. The van der Waals surface area contributed by atoms with Gasteiger partial charge in [-0.1, -0.05) is 6.42 Å². The maximum atomic E-state index is 11.0. The zero-order valence-electron chi connectivity index (χ0n) is 9.55. The fourth-order valence-corrected chi connectivity index (χ4v) is 2.70. The number of rotatable bonds is 4. The summed E-state index contributed by atoms with van der Waals surface area (Å²) >= 11 is 0. The summed E-state index contributed by atoms with van der Waals surface area (Å²) in [5, 5.41) is -0.0715. The smallest absolute Gasteiger partial charge is 0.280 e. The van der Waals surface area contributed by atoms with Crippen molar-refractivity contribution in [3.63, 3.8) is 0 Å². The van der Waals surface area contributed by atoms with Gasteiger partial charge in [0.05, 0.1) is 6.33 Å². The van der Waals surface area contributed by atoms with E-state index in [9.17, 15) is 8.42 Å². The summed E-state index contributed by atoms with van der Waals surface area (Å²) in [5.41, 5.74) is 0. The van der Waals surface area contributed by atoms with Gasteiger partial charge in [0.1, 0.15) is 0 Å². The van der Waals surface area contributed by atoms with Crippen LogP contribution in [0, 0.1) is 0 Å². The number of aromatic nitrogens is 2. The third-order valence-electron chi connectivity index (χ3n) is 2.98. The Morgan fingerprint density at radius 1 is 1.24 bits per heavy atom. The van der Waals surface area contributed by atoms with Crippen molar-refractivity contribution in [3.05, 3.63) is 12.5 Å². The molecule has 17 heavy (non-hydrogen) atoms. The summed E-state index contributed by atoms with van der Waals surface area (Å²) in [6, 6.07) is 0. The van der Waals surface area contributed by atoms with E-state index in [1.54, 1.807) is 4.57 Å². The van der Waals surface area contributed by atoms with Crippen LogP contribution in [0.5, 0.6) is 0 Å². The lowest BCUT2D eigenvalue weighted by atomic mass is 10.1. The summed E-state index contributed by atoms with van der Waals surface area (Å²) < 4.78 is 23.8. The van der Waals surface area contributed by atoms with Crippen LogP contribution in [0.2, 0.25) is 0 Å². The molecule has 0 amide bonds. The highest BCUT2D eigenvalue weighted by molar-refractivity contribution is 8.13. The summed E-state index contributed by atoms with van der Waals surface area (Å²) in [6.07, 6.45) is 6.82. The molecule has 0 saturated carbocycles. The number of likely N-dealkylation sites (tertiary alicyclic amines) is 1. The van der Waals surface area contributed by atoms with Gasteiger partial charge in [-0.3, -0.25) is 0 Å². The highest BCUT2D eigenvalue weighted by Gasteiger charge is 2.14. The zero-order chi connectivity index (χ0) is 12.3. The van der Waals surface area contributed by atoms with E-state index < -0.39 is 9.05 Å². The highest BCUT2D eigenvalue weighted by atomic mass is 35.7. The predicted molar refractivity (Wildman–Crippen MR) is 65.6 cm³/mol. The molecule has 0 atom stereocenters. The lowest BCUT2D eigenvalue weighted by Gasteiger charge is -2.26. The van der Waals surface area contributed by atoms with E-state index in [1.807, 2.05) is 0 Å². The van der Waals surface area contributed by atoms with E-state index >= 15 is 0 Å². The third-order valence-corrected chi connectivity index (χ3v) is 4.17. The molecule has 2 heterocycles. The van der Waals surface area contributed by atoms with Crippen LogP contribution in [0.15, 0.2) is 17.6 Å². The highest BCUT2D eigenvalue weighted by Crippen LogP contribution is 2.12. The molecule has 0 aliphatic carbocycles. The molecule has 96 valence electrons. The summed E-state index contributed by atoms with van der Waals surface area (Å²) in [5.74, 6) is 0. The number of hydrogen-bond donors (Lipinski definition) is 0. The van der Waals surface area contributed by atoms with Gasteiger partial charge >= 0.3 is 0 Å². The maximum absolute atomic E-state index is 11.0. The quantitative estimate of drug-likeness (QED) is 0.779. The molecule has 1 aromatic rings. The third kappa shape index (κ3) is 3.69. The second kappa shape index (κ2) is 5.37. The van der Waals surface area contributed by atoms with Gasteiger partial charge in [0.15, 0.2) is 5.03 Å². The van der Waals surface area contributed by atoms with Crippen molar-refractivity contribution in [3.8, 4) is 0 Å². The molecule has 0 radical (unpaired) electrons. The number of halogens is 1. The molecule has 5 nitrogen and oxygen atoms in total. The van der Waals surface area contributed by atoms with E-state index in [0.717, 1.165) is 26.2 Å². The molecule has 1 fully saturated rings. The maximum Gasteiger partial charge on any atom is 0.280 e. The monoisotopic (exact) mass is 277 g/mol. The van der Waals surface area contributed by atoms with Crippen LogP contribution >= 0.6 is 10.7 Å². The van der Waals surface area contributed by atoms with E-state index in [-0.39, 0.29) is 5.03 Å². The first-order valence-electron chi connectivity index (χ1n) is 5.74. The Labute approximate surface area is 106 Å². The lowest BCUT2D eigenvalue weighted by molar-refractivity contribution is 0.221. The molecule has 1 aliphatic heterocycles. The van der Waals surface area contributed by atoms with Gasteiger partial charge in [-0.15, -0.1) is 0 Å². The SMILES string of the molecule is O=S(=O)(Cl)c1cn(CCN2CCCCC2)cn1. The fraction of sp³-hybridized carbons (Fsp3) is 0.700. The topological polar surface area (TPSA) is 55.2 Å². The average Bonchev–Trinajstić information content (AvgIpc) is 2.76. The first-order chi connectivity index (χ1) is 8.05. The van der Waals surface area contributed by atoms with Crippen LogP contribution in [0.1, 0.15) is 19.3 Å². The molecule has 0 aromatic carbocycles. The molecule has 0 N–H and O–H groups in total. The van der Waals surface area contributed by atoms with Crippen molar-refractivity contribution in [2.24, 2.45) is 0 Å². The van der Waals surface area contributed by atoms with Crippen LogP contribution in [0.4, 0.5) is 0 Å². The van der Waals surface area contributed by atoms with E-state index in [2.05, 4.69) is 9.88 Å². The van der Waals surface area contributed by atoms with Gasteiger partial charge in [-0.2, -0.15) is 0 Å². The van der Waals surface area contributed by atoms with Crippen molar-refractivity contribution in [2.45, 2.75) is 30.8 Å². The molecule has 1 saturated heterocycles. The van der Waals surface area contributed by atoms with Gasteiger partial charge in [0, 0.05) is 30.0 Å². The average molecular weight is 278 g/mol. The largest absolute Gasteiger partial charge is 0.335 e. The Morgan fingerprint density at radius 2 is 1.94 bits per heavy atom. The second-order valence-electron chi connectivity index (χ2n) is 4.29. The van der Waals surface area contributed by atoms with Crippen molar-refractivity contribution in [1.29, 1.82) is 0 Å². The fourth-order valence-electron chi connectivity index (χ4n) is 2.03. The van der Waals surface area contributed by atoms with Gasteiger partial charge in [-0.05, 0) is 25.9 Å². The van der Waals surface area contributed by atoms with Crippen LogP contribution < -0.4 is 0 Å². The first kappa shape index (κ1) is 12.9. The molecule has 1 aromatic heterocycles. The zero-order valence-corrected chi connectivity index (χ0v) is 11.1. The van der Waals surface area contributed by atoms with Gasteiger partial charge in [-0.25, -0.2) is 13.4 Å². The van der Waals surface area contributed by atoms with Crippen molar-refractivity contribution < 1.29 is 8.42 Å². The Kier molecular flexibility index (Phi) is 4.06. The van der Waals surface area contributed by atoms with Crippen molar-refractivity contribution in [2.75, 3.05) is 19.6 Å².